The number of furan rings is 1. The van der Waals surface area contributed by atoms with Crippen molar-refractivity contribution in [3.05, 3.63) is 64.3 Å². The molecule has 0 saturated carbocycles. The maximum absolute atomic E-state index is 12.4. The summed E-state index contributed by atoms with van der Waals surface area (Å²) < 4.78 is 13.5. The lowest BCUT2D eigenvalue weighted by Crippen LogP contribution is -2.21. The lowest BCUT2D eigenvalue weighted by Gasteiger charge is -2.06. The Labute approximate surface area is 163 Å². The largest absolute Gasteiger partial charge is 0.484 e. The molecular formula is C18H17BrN4O4. The van der Waals surface area contributed by atoms with Crippen molar-refractivity contribution in [1.29, 1.82) is 0 Å². The molecule has 0 atom stereocenters. The molecule has 2 N–H and O–H groups in total. The van der Waals surface area contributed by atoms with Crippen LogP contribution in [0, 0.1) is 0 Å². The SMILES string of the molecule is CNC(=O)c1nn(C)cc1NC(=O)c1ccc(COc2ccccc2Br)o1. The summed E-state index contributed by atoms with van der Waals surface area (Å²) in [5, 5.41) is 9.15. The molecule has 3 rings (SSSR count). The minimum atomic E-state index is -0.486. The number of nitrogens with zero attached hydrogens (tertiary/aromatic N) is 2. The second-order valence-electron chi connectivity index (χ2n) is 5.58. The molecule has 0 unspecified atom stereocenters. The zero-order chi connectivity index (χ0) is 19.4. The fourth-order valence-electron chi connectivity index (χ4n) is 2.34. The summed E-state index contributed by atoms with van der Waals surface area (Å²) in [5.41, 5.74) is 0.418. The van der Waals surface area contributed by atoms with Crippen molar-refractivity contribution in [2.75, 3.05) is 12.4 Å². The molecule has 2 aromatic heterocycles. The van der Waals surface area contributed by atoms with Crippen molar-refractivity contribution in [2.45, 2.75) is 6.61 Å². The van der Waals surface area contributed by atoms with Gasteiger partial charge in [0.05, 0.1) is 10.2 Å². The molecule has 0 saturated heterocycles. The number of aromatic nitrogens is 2. The van der Waals surface area contributed by atoms with Gasteiger partial charge >= 0.3 is 0 Å². The molecule has 9 heteroatoms. The molecular weight excluding hydrogens is 416 g/mol. The number of hydrogen-bond donors (Lipinski definition) is 2. The van der Waals surface area contributed by atoms with E-state index in [0.29, 0.717) is 17.2 Å². The second kappa shape index (κ2) is 8.09. The number of nitrogens with one attached hydrogen (secondary N) is 2. The number of benzene rings is 1. The number of halogens is 1. The highest BCUT2D eigenvalue weighted by atomic mass is 79.9. The molecule has 8 nitrogen and oxygen atoms in total. The smallest absolute Gasteiger partial charge is 0.291 e. The van der Waals surface area contributed by atoms with Crippen LogP contribution >= 0.6 is 15.9 Å². The summed E-state index contributed by atoms with van der Waals surface area (Å²) in [4.78, 5) is 24.2. The summed E-state index contributed by atoms with van der Waals surface area (Å²) in [5.74, 6) is 0.389. The Kier molecular flexibility index (Phi) is 5.60. The van der Waals surface area contributed by atoms with Gasteiger partial charge in [0.2, 0.25) is 0 Å². The molecule has 0 aliphatic carbocycles. The molecule has 0 radical (unpaired) electrons. The van der Waals surface area contributed by atoms with Gasteiger partial charge in [-0.2, -0.15) is 5.10 Å². The van der Waals surface area contributed by atoms with Crippen molar-refractivity contribution >= 4 is 33.4 Å². The van der Waals surface area contributed by atoms with Gasteiger partial charge < -0.3 is 19.8 Å². The van der Waals surface area contributed by atoms with Crippen molar-refractivity contribution < 1.29 is 18.7 Å². The van der Waals surface area contributed by atoms with Gasteiger partial charge in [0.15, 0.2) is 11.5 Å². The first kappa shape index (κ1) is 18.7. The van der Waals surface area contributed by atoms with Gasteiger partial charge in [-0.3, -0.25) is 14.3 Å². The fourth-order valence-corrected chi connectivity index (χ4v) is 2.74. The number of anilines is 1. The molecule has 27 heavy (non-hydrogen) atoms. The van der Waals surface area contributed by atoms with E-state index in [4.69, 9.17) is 9.15 Å². The van der Waals surface area contributed by atoms with Crippen LogP contribution in [0.1, 0.15) is 26.8 Å². The third kappa shape index (κ3) is 4.37. The summed E-state index contributed by atoms with van der Waals surface area (Å²) in [6.45, 7) is 0.173. The topological polar surface area (TPSA) is 98.4 Å². The quantitative estimate of drug-likeness (QED) is 0.623. The average molecular weight is 433 g/mol. The van der Waals surface area contributed by atoms with Gasteiger partial charge in [-0.15, -0.1) is 0 Å². The third-order valence-electron chi connectivity index (χ3n) is 3.61. The van der Waals surface area contributed by atoms with Crippen LogP contribution in [-0.2, 0) is 13.7 Å². The Morgan fingerprint density at radius 1 is 1.22 bits per heavy atom. The highest BCUT2D eigenvalue weighted by Crippen LogP contribution is 2.25. The summed E-state index contributed by atoms with van der Waals surface area (Å²) in [6.07, 6.45) is 1.54. The highest BCUT2D eigenvalue weighted by Gasteiger charge is 2.19. The Balaban J connectivity index is 1.67. The van der Waals surface area contributed by atoms with Gasteiger partial charge in [-0.25, -0.2) is 0 Å². The molecule has 2 heterocycles. The molecule has 3 aromatic rings. The van der Waals surface area contributed by atoms with E-state index in [2.05, 4.69) is 31.7 Å². The first-order valence-electron chi connectivity index (χ1n) is 8.01. The summed E-state index contributed by atoms with van der Waals surface area (Å²) in [6, 6.07) is 10.6. The second-order valence-corrected chi connectivity index (χ2v) is 6.44. The molecule has 0 aliphatic heterocycles. The zero-order valence-electron chi connectivity index (χ0n) is 14.7. The molecule has 0 aliphatic rings. The Hall–Kier alpha value is -3.07. The molecule has 0 fully saturated rings. The van der Waals surface area contributed by atoms with Gasteiger partial charge in [0, 0.05) is 20.3 Å². The first-order chi connectivity index (χ1) is 13.0. The minimum Gasteiger partial charge on any atom is -0.484 e. The molecule has 2 amide bonds. The zero-order valence-corrected chi connectivity index (χ0v) is 16.2. The molecule has 140 valence electrons. The van der Waals surface area contributed by atoms with Gasteiger partial charge in [-0.05, 0) is 40.2 Å². The van der Waals surface area contributed by atoms with Crippen molar-refractivity contribution in [2.24, 2.45) is 7.05 Å². The molecule has 1 aromatic carbocycles. The van der Waals surface area contributed by atoms with Crippen molar-refractivity contribution in [3.63, 3.8) is 0 Å². The minimum absolute atomic E-state index is 0.104. The summed E-state index contributed by atoms with van der Waals surface area (Å²) in [7, 11) is 3.15. The average Bonchev–Trinajstić information content (AvgIpc) is 3.27. The lowest BCUT2D eigenvalue weighted by molar-refractivity contribution is 0.0958. The van der Waals surface area contributed by atoms with E-state index in [1.54, 1.807) is 25.4 Å². The Bertz CT molecular complexity index is 979. The lowest BCUT2D eigenvalue weighted by atomic mass is 10.3. The van der Waals surface area contributed by atoms with E-state index >= 15 is 0 Å². The Morgan fingerprint density at radius 3 is 2.74 bits per heavy atom. The van der Waals surface area contributed by atoms with E-state index < -0.39 is 11.8 Å². The number of carbonyl (C=O) groups excluding carboxylic acids is 2. The highest BCUT2D eigenvalue weighted by molar-refractivity contribution is 9.10. The number of rotatable bonds is 6. The number of aryl methyl sites for hydroxylation is 1. The number of carbonyl (C=O) groups is 2. The van der Waals surface area contributed by atoms with Crippen LogP contribution < -0.4 is 15.4 Å². The number of hydrogen-bond acceptors (Lipinski definition) is 5. The number of ether oxygens (including phenoxy) is 1. The maximum Gasteiger partial charge on any atom is 0.291 e. The van der Waals surface area contributed by atoms with Crippen LogP contribution in [0.25, 0.3) is 0 Å². The standard InChI is InChI=1S/C18H17BrN4O4/c1-20-18(25)16-13(9-23(2)22-16)21-17(24)15-8-7-11(27-15)10-26-14-6-4-3-5-12(14)19/h3-9H,10H2,1-2H3,(H,20,25)(H,21,24). The van der Waals surface area contributed by atoms with E-state index in [1.165, 1.54) is 11.7 Å². The van der Waals surface area contributed by atoms with Crippen LogP contribution in [0.2, 0.25) is 0 Å². The van der Waals surface area contributed by atoms with Gasteiger partial charge in [0.1, 0.15) is 18.1 Å². The normalized spacial score (nSPS) is 10.5. The third-order valence-corrected chi connectivity index (χ3v) is 4.27. The van der Waals surface area contributed by atoms with Crippen LogP contribution in [-0.4, -0.2) is 28.6 Å². The van der Waals surface area contributed by atoms with Crippen LogP contribution in [0.3, 0.4) is 0 Å². The fraction of sp³-hybridized carbons (Fsp3) is 0.167. The molecule has 0 spiro atoms. The van der Waals surface area contributed by atoms with E-state index in [1.807, 2.05) is 24.3 Å². The van der Waals surface area contributed by atoms with Crippen LogP contribution in [0.15, 0.2) is 51.5 Å². The van der Waals surface area contributed by atoms with Gasteiger partial charge in [0.25, 0.3) is 11.8 Å². The maximum atomic E-state index is 12.4. The number of para-hydroxylation sites is 1. The summed E-state index contributed by atoms with van der Waals surface area (Å²) >= 11 is 3.40. The van der Waals surface area contributed by atoms with Crippen molar-refractivity contribution in [1.82, 2.24) is 15.1 Å². The van der Waals surface area contributed by atoms with E-state index in [9.17, 15) is 9.59 Å². The monoisotopic (exact) mass is 432 g/mol. The van der Waals surface area contributed by atoms with Crippen LogP contribution in [0.4, 0.5) is 5.69 Å². The van der Waals surface area contributed by atoms with Gasteiger partial charge in [-0.1, -0.05) is 12.1 Å². The number of amides is 2. The Morgan fingerprint density at radius 2 is 2.00 bits per heavy atom. The first-order valence-corrected chi connectivity index (χ1v) is 8.80. The van der Waals surface area contributed by atoms with E-state index in [-0.39, 0.29) is 18.1 Å². The predicted octanol–water partition coefficient (Wildman–Crippen LogP) is 2.97. The predicted molar refractivity (Wildman–Crippen MR) is 102 cm³/mol. The molecule has 0 bridgehead atoms. The van der Waals surface area contributed by atoms with Crippen molar-refractivity contribution in [3.8, 4) is 5.75 Å². The van der Waals surface area contributed by atoms with Crippen LogP contribution in [0.5, 0.6) is 5.75 Å². The van der Waals surface area contributed by atoms with E-state index in [0.717, 1.165) is 4.47 Å².